The Hall–Kier alpha value is -1.38. The minimum atomic E-state index is -0.419. The van der Waals surface area contributed by atoms with Gasteiger partial charge in [0.2, 0.25) is 0 Å². The van der Waals surface area contributed by atoms with E-state index in [4.69, 9.17) is 5.73 Å². The average molecular weight is 224 g/mol. The number of nitrogens with two attached hydrogens (primary N) is 1. The van der Waals surface area contributed by atoms with Gasteiger partial charge in [-0.3, -0.25) is 0 Å². The summed E-state index contributed by atoms with van der Waals surface area (Å²) in [7, 11) is 0. The molecule has 0 saturated carbocycles. The van der Waals surface area contributed by atoms with E-state index in [-0.39, 0.29) is 5.82 Å². The average Bonchev–Trinajstić information content (AvgIpc) is 2.29. The van der Waals surface area contributed by atoms with Gasteiger partial charge in [-0.25, -0.2) is 9.37 Å². The van der Waals surface area contributed by atoms with Gasteiger partial charge in [-0.1, -0.05) is 32.9 Å². The Morgan fingerprint density at radius 3 is 2.38 bits per heavy atom. The van der Waals surface area contributed by atoms with Gasteiger partial charge in [-0.2, -0.15) is 0 Å². The molecule has 0 amide bonds. The fraction of sp³-hybridized carbons (Fsp3) is 0.462. The molecule has 0 saturated heterocycles. The predicted octanol–water partition coefficient (Wildman–Crippen LogP) is 3.87. The zero-order valence-electron chi connectivity index (χ0n) is 10.8. The minimum absolute atomic E-state index is 0.0242. The van der Waals surface area contributed by atoms with E-state index in [0.717, 1.165) is 17.7 Å². The summed E-state index contributed by atoms with van der Waals surface area (Å²) in [5, 5.41) is 0. The van der Waals surface area contributed by atoms with Crippen molar-refractivity contribution in [3.05, 3.63) is 28.7 Å². The Labute approximate surface area is 97.4 Å². The highest BCUT2D eigenvalue weighted by Gasteiger charge is 2.10. The first-order valence-electron chi connectivity index (χ1n) is 5.66. The first-order valence-corrected chi connectivity index (χ1v) is 5.66. The summed E-state index contributed by atoms with van der Waals surface area (Å²) in [6.07, 6.45) is 4.54. The van der Waals surface area contributed by atoms with Crippen LogP contribution in [0.1, 0.15) is 44.0 Å². The van der Waals surface area contributed by atoms with Crippen molar-refractivity contribution in [2.24, 2.45) is 0 Å². The largest absolute Gasteiger partial charge is 0.381 e. The monoisotopic (exact) mass is 224 g/mol. The molecule has 1 aromatic heterocycles. The third kappa shape index (κ3) is 3.33. The number of aromatic nitrogens is 1. The van der Waals surface area contributed by atoms with Gasteiger partial charge in [0, 0.05) is 11.3 Å². The first-order chi connectivity index (χ1) is 7.57. The Balaban J connectivity index is 0.00000106. The maximum atomic E-state index is 13.5. The van der Waals surface area contributed by atoms with Gasteiger partial charge in [0.25, 0.3) is 0 Å². The zero-order valence-corrected chi connectivity index (χ0v) is 10.8. The molecular weight excluding hydrogens is 203 g/mol. The van der Waals surface area contributed by atoms with Gasteiger partial charge in [0.05, 0.1) is 0 Å². The van der Waals surface area contributed by atoms with E-state index in [1.807, 2.05) is 40.7 Å². The molecule has 0 unspecified atom stereocenters. The van der Waals surface area contributed by atoms with Crippen LogP contribution in [0.15, 0.2) is 6.08 Å². The highest BCUT2D eigenvalue weighted by atomic mass is 19.1. The van der Waals surface area contributed by atoms with Gasteiger partial charge in [0.1, 0.15) is 0 Å². The molecule has 0 atom stereocenters. The first kappa shape index (κ1) is 14.6. The van der Waals surface area contributed by atoms with E-state index < -0.39 is 5.82 Å². The molecule has 90 valence electrons. The topological polar surface area (TPSA) is 38.9 Å². The molecule has 0 aliphatic rings. The molecule has 0 spiro atoms. The van der Waals surface area contributed by atoms with Gasteiger partial charge in [-0.05, 0) is 25.8 Å². The zero-order chi connectivity index (χ0) is 12.7. The van der Waals surface area contributed by atoms with Crippen LogP contribution >= 0.6 is 0 Å². The summed E-state index contributed by atoms with van der Waals surface area (Å²) in [5.41, 5.74) is 7.62. The second-order valence-corrected chi connectivity index (χ2v) is 3.25. The van der Waals surface area contributed by atoms with Crippen LogP contribution in [0.5, 0.6) is 0 Å². The van der Waals surface area contributed by atoms with Crippen molar-refractivity contribution in [3.8, 4) is 0 Å². The number of hydrogen-bond donors (Lipinski definition) is 1. The van der Waals surface area contributed by atoms with Crippen molar-refractivity contribution in [2.45, 2.75) is 41.0 Å². The Kier molecular flexibility index (Phi) is 6.38. The third-order valence-electron chi connectivity index (χ3n) is 2.22. The summed E-state index contributed by atoms with van der Waals surface area (Å²) in [6.45, 7) is 9.68. The van der Waals surface area contributed by atoms with Crippen LogP contribution in [-0.4, -0.2) is 4.98 Å². The molecular formula is C13H21FN2. The number of halogens is 1. The van der Waals surface area contributed by atoms with Crippen molar-refractivity contribution < 1.29 is 4.39 Å². The summed E-state index contributed by atoms with van der Waals surface area (Å²) >= 11 is 0. The van der Waals surface area contributed by atoms with Crippen LogP contribution in [0.3, 0.4) is 0 Å². The summed E-state index contributed by atoms with van der Waals surface area (Å²) in [5.74, 6) is -0.443. The maximum Gasteiger partial charge on any atom is 0.172 e. The number of aryl methyl sites for hydroxylation is 1. The molecule has 3 heteroatoms. The normalized spacial score (nSPS) is 10.1. The van der Waals surface area contributed by atoms with Crippen molar-refractivity contribution >= 4 is 11.9 Å². The fourth-order valence-electron chi connectivity index (χ4n) is 1.24. The van der Waals surface area contributed by atoms with Crippen molar-refractivity contribution in [3.63, 3.8) is 0 Å². The van der Waals surface area contributed by atoms with Crippen LogP contribution in [0.25, 0.3) is 6.08 Å². The second-order valence-electron chi connectivity index (χ2n) is 3.25. The van der Waals surface area contributed by atoms with Gasteiger partial charge >= 0.3 is 0 Å². The molecule has 1 aromatic rings. The standard InChI is InChI=1S/C11H15FN2.C2H6/c1-4-5-6-9-7(2)8(3)14-11(13)10(9)12;1-2/h5-6H,4H2,1-3H3,(H2,13,14);1-2H3/b6-5-;. The van der Waals surface area contributed by atoms with E-state index in [9.17, 15) is 4.39 Å². The molecule has 2 N–H and O–H groups in total. The molecule has 0 aromatic carbocycles. The lowest BCUT2D eigenvalue weighted by Crippen LogP contribution is -2.02. The van der Waals surface area contributed by atoms with Crippen LogP contribution in [0, 0.1) is 19.7 Å². The fourth-order valence-corrected chi connectivity index (χ4v) is 1.24. The lowest BCUT2D eigenvalue weighted by Gasteiger charge is -2.07. The van der Waals surface area contributed by atoms with E-state index in [2.05, 4.69) is 4.98 Å². The van der Waals surface area contributed by atoms with E-state index in [1.54, 1.807) is 6.08 Å². The van der Waals surface area contributed by atoms with E-state index >= 15 is 0 Å². The molecule has 1 rings (SSSR count). The third-order valence-corrected chi connectivity index (χ3v) is 2.22. The second kappa shape index (κ2) is 6.99. The molecule has 0 aliphatic heterocycles. The number of rotatable bonds is 2. The molecule has 0 fully saturated rings. The minimum Gasteiger partial charge on any atom is -0.381 e. The smallest absolute Gasteiger partial charge is 0.172 e. The number of pyridine rings is 1. The van der Waals surface area contributed by atoms with Crippen molar-refractivity contribution in [1.82, 2.24) is 4.98 Å². The van der Waals surface area contributed by atoms with Crippen LogP contribution < -0.4 is 5.73 Å². The van der Waals surface area contributed by atoms with E-state index in [0.29, 0.717) is 5.56 Å². The summed E-state index contributed by atoms with van der Waals surface area (Å²) in [6, 6.07) is 0. The van der Waals surface area contributed by atoms with Crippen LogP contribution in [0.4, 0.5) is 10.2 Å². The van der Waals surface area contributed by atoms with Crippen molar-refractivity contribution in [2.75, 3.05) is 5.73 Å². The molecule has 0 aliphatic carbocycles. The summed E-state index contributed by atoms with van der Waals surface area (Å²) in [4.78, 5) is 3.91. The number of anilines is 1. The van der Waals surface area contributed by atoms with Crippen LogP contribution in [-0.2, 0) is 0 Å². The highest BCUT2D eigenvalue weighted by molar-refractivity contribution is 5.59. The molecule has 0 radical (unpaired) electrons. The van der Waals surface area contributed by atoms with Crippen molar-refractivity contribution in [1.29, 1.82) is 0 Å². The number of hydrogen-bond acceptors (Lipinski definition) is 2. The predicted molar refractivity (Wildman–Crippen MR) is 68.8 cm³/mol. The van der Waals surface area contributed by atoms with Gasteiger partial charge < -0.3 is 5.73 Å². The Morgan fingerprint density at radius 1 is 1.31 bits per heavy atom. The van der Waals surface area contributed by atoms with Gasteiger partial charge in [0.15, 0.2) is 11.6 Å². The molecule has 0 bridgehead atoms. The highest BCUT2D eigenvalue weighted by Crippen LogP contribution is 2.21. The number of nitrogen functional groups attached to an aromatic ring is 1. The number of allylic oxidation sites excluding steroid dienone is 1. The molecule has 1 heterocycles. The summed E-state index contributed by atoms with van der Waals surface area (Å²) < 4.78 is 13.5. The van der Waals surface area contributed by atoms with Gasteiger partial charge in [-0.15, -0.1) is 0 Å². The maximum absolute atomic E-state index is 13.5. The lowest BCUT2D eigenvalue weighted by atomic mass is 10.1. The lowest BCUT2D eigenvalue weighted by molar-refractivity contribution is 0.621. The molecule has 16 heavy (non-hydrogen) atoms. The number of nitrogens with zero attached hydrogens (tertiary/aromatic N) is 1. The quantitative estimate of drug-likeness (QED) is 0.828. The Morgan fingerprint density at radius 2 is 1.88 bits per heavy atom. The van der Waals surface area contributed by atoms with E-state index in [1.165, 1.54) is 0 Å². The Bertz CT molecular complexity index is 344. The van der Waals surface area contributed by atoms with Crippen LogP contribution in [0.2, 0.25) is 0 Å². The SMILES string of the molecule is CC.CC/C=C\c1c(C)c(C)nc(N)c1F. The molecule has 2 nitrogen and oxygen atoms in total.